The third-order valence-corrected chi connectivity index (χ3v) is 3.67. The fourth-order valence-corrected chi connectivity index (χ4v) is 2.52. The van der Waals surface area contributed by atoms with E-state index in [0.29, 0.717) is 0 Å². The lowest BCUT2D eigenvalue weighted by molar-refractivity contribution is -0.138. The summed E-state index contributed by atoms with van der Waals surface area (Å²) in [6, 6.07) is -1.12. The van der Waals surface area contributed by atoms with Crippen LogP contribution in [-0.4, -0.2) is 55.1 Å². The van der Waals surface area contributed by atoms with Crippen molar-refractivity contribution < 1.29 is 27.9 Å². The second kappa shape index (κ2) is 4.80. The summed E-state index contributed by atoms with van der Waals surface area (Å²) in [5.74, 6) is -2.97. The molecule has 8 nitrogen and oxygen atoms in total. The molecule has 1 heterocycles. The van der Waals surface area contributed by atoms with E-state index < -0.39 is 46.0 Å². The summed E-state index contributed by atoms with van der Waals surface area (Å²) in [5.41, 5.74) is 0. The average Bonchev–Trinajstić information content (AvgIpc) is 2.43. The molecule has 17 heavy (non-hydrogen) atoms. The SMILES string of the molecule is CN1C(=O)CC(NS(=O)(=O)CCC(=O)O)C1=O. The third-order valence-electron chi connectivity index (χ3n) is 2.29. The van der Waals surface area contributed by atoms with Crippen LogP contribution in [0.15, 0.2) is 0 Å². The quantitative estimate of drug-likeness (QED) is 0.561. The van der Waals surface area contributed by atoms with Crippen LogP contribution < -0.4 is 4.72 Å². The lowest BCUT2D eigenvalue weighted by Gasteiger charge is -2.10. The maximum atomic E-state index is 11.4. The van der Waals surface area contributed by atoms with Crippen molar-refractivity contribution >= 4 is 27.8 Å². The number of aliphatic carboxylic acids is 1. The topological polar surface area (TPSA) is 121 Å². The number of likely N-dealkylation sites (N-methyl/N-ethyl adjacent to an activating group) is 1. The second-order valence-corrected chi connectivity index (χ2v) is 5.50. The van der Waals surface area contributed by atoms with Crippen LogP contribution in [0.4, 0.5) is 0 Å². The highest BCUT2D eigenvalue weighted by Gasteiger charge is 2.38. The van der Waals surface area contributed by atoms with E-state index in [9.17, 15) is 22.8 Å². The maximum absolute atomic E-state index is 11.4. The highest BCUT2D eigenvalue weighted by molar-refractivity contribution is 7.89. The first-order chi connectivity index (χ1) is 7.73. The van der Waals surface area contributed by atoms with Gasteiger partial charge in [0.25, 0.3) is 0 Å². The molecule has 0 aromatic heterocycles. The number of sulfonamides is 1. The first-order valence-electron chi connectivity index (χ1n) is 4.75. The van der Waals surface area contributed by atoms with E-state index in [4.69, 9.17) is 5.11 Å². The normalized spacial score (nSPS) is 21.0. The zero-order chi connectivity index (χ0) is 13.2. The van der Waals surface area contributed by atoms with Gasteiger partial charge in [-0.2, -0.15) is 0 Å². The number of rotatable bonds is 5. The number of carbonyl (C=O) groups excluding carboxylic acids is 2. The number of hydrogen-bond donors (Lipinski definition) is 2. The van der Waals surface area contributed by atoms with Gasteiger partial charge in [0.2, 0.25) is 21.8 Å². The highest BCUT2D eigenvalue weighted by atomic mass is 32.2. The Bertz CT molecular complexity index is 457. The van der Waals surface area contributed by atoms with Gasteiger partial charge >= 0.3 is 5.97 Å². The molecule has 0 aromatic rings. The average molecular weight is 264 g/mol. The molecule has 2 amide bonds. The Morgan fingerprint density at radius 3 is 2.53 bits per heavy atom. The maximum Gasteiger partial charge on any atom is 0.304 e. The van der Waals surface area contributed by atoms with Crippen molar-refractivity contribution in [3.8, 4) is 0 Å². The summed E-state index contributed by atoms with van der Waals surface area (Å²) >= 11 is 0. The standard InChI is InChI=1S/C8H12N2O6S/c1-10-6(11)4-5(8(10)14)9-17(15,16)3-2-7(12)13/h5,9H,2-4H2,1H3,(H,12,13). The minimum atomic E-state index is -3.87. The number of likely N-dealkylation sites (tertiary alicyclic amines) is 1. The fraction of sp³-hybridized carbons (Fsp3) is 0.625. The Morgan fingerprint density at radius 1 is 1.53 bits per heavy atom. The number of nitrogens with one attached hydrogen (secondary N) is 1. The van der Waals surface area contributed by atoms with Gasteiger partial charge in [-0.25, -0.2) is 13.1 Å². The van der Waals surface area contributed by atoms with Crippen LogP contribution in [0.25, 0.3) is 0 Å². The molecule has 9 heteroatoms. The van der Waals surface area contributed by atoms with Gasteiger partial charge in [0.05, 0.1) is 18.6 Å². The summed E-state index contributed by atoms with van der Waals surface area (Å²) in [6.07, 6.45) is -0.790. The van der Waals surface area contributed by atoms with Crippen molar-refractivity contribution in [2.75, 3.05) is 12.8 Å². The molecule has 0 spiro atoms. The molecular weight excluding hydrogens is 252 g/mol. The van der Waals surface area contributed by atoms with Gasteiger partial charge in [-0.15, -0.1) is 0 Å². The largest absolute Gasteiger partial charge is 0.481 e. The van der Waals surface area contributed by atoms with Gasteiger partial charge in [0.1, 0.15) is 6.04 Å². The smallest absolute Gasteiger partial charge is 0.304 e. The van der Waals surface area contributed by atoms with Crippen LogP contribution in [0.3, 0.4) is 0 Å². The number of hydrogen-bond acceptors (Lipinski definition) is 5. The van der Waals surface area contributed by atoms with E-state index in [0.717, 1.165) is 4.90 Å². The number of nitrogens with zero attached hydrogens (tertiary/aromatic N) is 1. The summed E-state index contributed by atoms with van der Waals surface area (Å²) in [7, 11) is -2.61. The van der Waals surface area contributed by atoms with E-state index in [1.165, 1.54) is 7.05 Å². The summed E-state index contributed by atoms with van der Waals surface area (Å²) in [5, 5.41) is 8.35. The van der Waals surface area contributed by atoms with Crippen LogP contribution >= 0.6 is 0 Å². The van der Waals surface area contributed by atoms with Crippen LogP contribution in [0.1, 0.15) is 12.8 Å². The van der Waals surface area contributed by atoms with E-state index in [1.54, 1.807) is 0 Å². The third kappa shape index (κ3) is 3.49. The number of imide groups is 1. The van der Waals surface area contributed by atoms with Crippen molar-refractivity contribution in [3.05, 3.63) is 0 Å². The Kier molecular flexibility index (Phi) is 3.83. The van der Waals surface area contributed by atoms with Crippen molar-refractivity contribution in [3.63, 3.8) is 0 Å². The minimum absolute atomic E-state index is 0.234. The lowest BCUT2D eigenvalue weighted by atomic mass is 10.3. The van der Waals surface area contributed by atoms with Crippen molar-refractivity contribution in [1.29, 1.82) is 0 Å². The molecular formula is C8H12N2O6S. The number of carboxylic acid groups (broad SMARTS) is 1. The number of carbonyl (C=O) groups is 3. The van der Waals surface area contributed by atoms with Gasteiger partial charge in [-0.1, -0.05) is 0 Å². The molecule has 1 aliphatic heterocycles. The van der Waals surface area contributed by atoms with Gasteiger partial charge in [-0.05, 0) is 0 Å². The van der Waals surface area contributed by atoms with Crippen LogP contribution in [-0.2, 0) is 24.4 Å². The molecule has 1 atom stereocenters. The molecule has 96 valence electrons. The Labute approximate surface area is 97.6 Å². The molecule has 1 unspecified atom stereocenters. The molecule has 0 saturated carbocycles. The summed E-state index contributed by atoms with van der Waals surface area (Å²) < 4.78 is 24.8. The predicted molar refractivity (Wildman–Crippen MR) is 55.4 cm³/mol. The van der Waals surface area contributed by atoms with Crippen LogP contribution in [0.2, 0.25) is 0 Å². The molecule has 0 aliphatic carbocycles. The lowest BCUT2D eigenvalue weighted by Crippen LogP contribution is -2.41. The minimum Gasteiger partial charge on any atom is -0.481 e. The first-order valence-corrected chi connectivity index (χ1v) is 6.40. The molecule has 0 bridgehead atoms. The second-order valence-electron chi connectivity index (χ2n) is 3.63. The fourth-order valence-electron chi connectivity index (χ4n) is 1.34. The van der Waals surface area contributed by atoms with Crippen molar-refractivity contribution in [1.82, 2.24) is 9.62 Å². The summed E-state index contributed by atoms with van der Waals surface area (Å²) in [4.78, 5) is 33.6. The molecule has 1 fully saturated rings. The van der Waals surface area contributed by atoms with Gasteiger partial charge < -0.3 is 5.11 Å². The molecule has 2 N–H and O–H groups in total. The predicted octanol–water partition coefficient (Wildman–Crippen LogP) is -1.86. The molecule has 0 radical (unpaired) electrons. The van der Waals surface area contributed by atoms with E-state index in [-0.39, 0.29) is 6.42 Å². The van der Waals surface area contributed by atoms with E-state index in [1.807, 2.05) is 4.72 Å². The number of amides is 2. The highest BCUT2D eigenvalue weighted by Crippen LogP contribution is 2.11. The van der Waals surface area contributed by atoms with Gasteiger partial charge in [0.15, 0.2) is 0 Å². The van der Waals surface area contributed by atoms with Gasteiger partial charge in [-0.3, -0.25) is 19.3 Å². The Balaban J connectivity index is 2.63. The molecule has 1 saturated heterocycles. The monoisotopic (exact) mass is 264 g/mol. The number of carboxylic acids is 1. The van der Waals surface area contributed by atoms with Crippen LogP contribution in [0, 0.1) is 0 Å². The van der Waals surface area contributed by atoms with Crippen molar-refractivity contribution in [2.45, 2.75) is 18.9 Å². The zero-order valence-corrected chi connectivity index (χ0v) is 9.86. The molecule has 0 aromatic carbocycles. The van der Waals surface area contributed by atoms with Crippen molar-refractivity contribution in [2.24, 2.45) is 0 Å². The molecule has 1 rings (SSSR count). The van der Waals surface area contributed by atoms with E-state index >= 15 is 0 Å². The Morgan fingerprint density at radius 2 is 2.12 bits per heavy atom. The van der Waals surface area contributed by atoms with E-state index in [2.05, 4.69) is 0 Å². The van der Waals surface area contributed by atoms with Gasteiger partial charge in [0, 0.05) is 7.05 Å². The zero-order valence-electron chi connectivity index (χ0n) is 9.04. The summed E-state index contributed by atoms with van der Waals surface area (Å²) in [6.45, 7) is 0. The molecule has 1 aliphatic rings. The van der Waals surface area contributed by atoms with Crippen LogP contribution in [0.5, 0.6) is 0 Å². The first kappa shape index (κ1) is 13.6. The Hall–Kier alpha value is -1.48.